The van der Waals surface area contributed by atoms with Crippen LogP contribution in [0.15, 0.2) is 24.3 Å². The molecule has 1 aliphatic heterocycles. The lowest BCUT2D eigenvalue weighted by Gasteiger charge is -2.29. The van der Waals surface area contributed by atoms with Crippen molar-refractivity contribution in [1.82, 2.24) is 0 Å². The van der Waals surface area contributed by atoms with Crippen molar-refractivity contribution in [2.75, 3.05) is 13.2 Å². The predicted octanol–water partition coefficient (Wildman–Crippen LogP) is 5.32. The first-order chi connectivity index (χ1) is 10.8. The van der Waals surface area contributed by atoms with Crippen LogP contribution in [-0.2, 0) is 4.74 Å². The predicted molar refractivity (Wildman–Crippen MR) is 90.5 cm³/mol. The first-order valence-electron chi connectivity index (χ1n) is 9.19. The number of hydrogen-bond donors (Lipinski definition) is 0. The number of benzene rings is 1. The van der Waals surface area contributed by atoms with Gasteiger partial charge in [-0.1, -0.05) is 44.7 Å². The Morgan fingerprint density at radius 3 is 2.41 bits per heavy atom. The Balaban J connectivity index is 1.42. The van der Waals surface area contributed by atoms with Gasteiger partial charge in [-0.05, 0) is 55.2 Å². The summed E-state index contributed by atoms with van der Waals surface area (Å²) in [5, 5.41) is 0. The van der Waals surface area contributed by atoms with Crippen LogP contribution in [-0.4, -0.2) is 19.3 Å². The third-order valence-electron chi connectivity index (χ3n) is 5.25. The standard InChI is InChI=1S/C20H30O2/c1-2-3-4-5-16-6-8-17(9-7-16)18-10-12-19(13-11-18)21-14-20-15-22-20/h10-13,16-17,20H,2-9,14-15H2,1H3/t16?,17?,20-/m1/s1. The molecule has 2 aliphatic rings. The third-order valence-corrected chi connectivity index (χ3v) is 5.25. The molecule has 3 rings (SSSR count). The molecular formula is C20H30O2. The summed E-state index contributed by atoms with van der Waals surface area (Å²) in [4.78, 5) is 0. The molecule has 1 heterocycles. The fraction of sp³-hybridized carbons (Fsp3) is 0.700. The SMILES string of the molecule is CCCCCC1CCC(c2ccc(OC[C@@H]3CO3)cc2)CC1. The molecular weight excluding hydrogens is 272 g/mol. The van der Waals surface area contributed by atoms with Gasteiger partial charge in [0.15, 0.2) is 0 Å². The Kier molecular flexibility index (Phi) is 5.77. The minimum atomic E-state index is 0.336. The van der Waals surface area contributed by atoms with Gasteiger partial charge in [-0.25, -0.2) is 0 Å². The lowest BCUT2D eigenvalue weighted by Crippen LogP contribution is -2.13. The van der Waals surface area contributed by atoms with E-state index in [1.807, 2.05) is 0 Å². The van der Waals surface area contributed by atoms with Crippen LogP contribution >= 0.6 is 0 Å². The third kappa shape index (κ3) is 4.74. The van der Waals surface area contributed by atoms with Crippen molar-refractivity contribution < 1.29 is 9.47 Å². The van der Waals surface area contributed by atoms with E-state index in [-0.39, 0.29) is 0 Å². The van der Waals surface area contributed by atoms with Crippen molar-refractivity contribution in [3.63, 3.8) is 0 Å². The molecule has 122 valence electrons. The average molecular weight is 302 g/mol. The maximum atomic E-state index is 5.72. The molecule has 1 saturated carbocycles. The zero-order valence-electron chi connectivity index (χ0n) is 13.9. The van der Waals surface area contributed by atoms with Gasteiger partial charge in [0.25, 0.3) is 0 Å². The van der Waals surface area contributed by atoms with Crippen LogP contribution in [0.3, 0.4) is 0 Å². The first kappa shape index (κ1) is 15.9. The maximum Gasteiger partial charge on any atom is 0.119 e. The van der Waals surface area contributed by atoms with Gasteiger partial charge in [0.2, 0.25) is 0 Å². The molecule has 1 aromatic carbocycles. The van der Waals surface area contributed by atoms with Crippen LogP contribution in [0.4, 0.5) is 0 Å². The van der Waals surface area contributed by atoms with Crippen LogP contribution in [0.2, 0.25) is 0 Å². The van der Waals surface area contributed by atoms with E-state index in [1.165, 1.54) is 56.9 Å². The summed E-state index contributed by atoms with van der Waals surface area (Å²) in [6, 6.07) is 8.80. The van der Waals surface area contributed by atoms with Crippen molar-refractivity contribution in [2.45, 2.75) is 70.3 Å². The monoisotopic (exact) mass is 302 g/mol. The van der Waals surface area contributed by atoms with Crippen LogP contribution in [0.1, 0.15) is 69.8 Å². The van der Waals surface area contributed by atoms with Crippen molar-refractivity contribution >= 4 is 0 Å². The zero-order chi connectivity index (χ0) is 15.2. The number of ether oxygens (including phenoxy) is 2. The Morgan fingerprint density at radius 2 is 1.77 bits per heavy atom. The van der Waals surface area contributed by atoms with Crippen LogP contribution in [0.25, 0.3) is 0 Å². The Labute approximate surface area is 135 Å². The second-order valence-electron chi connectivity index (χ2n) is 7.05. The highest BCUT2D eigenvalue weighted by molar-refractivity contribution is 5.29. The molecule has 1 atom stereocenters. The van der Waals surface area contributed by atoms with Crippen molar-refractivity contribution in [2.24, 2.45) is 5.92 Å². The Morgan fingerprint density at radius 1 is 1.05 bits per heavy atom. The summed E-state index contributed by atoms with van der Waals surface area (Å²) in [6.45, 7) is 3.85. The molecule has 22 heavy (non-hydrogen) atoms. The van der Waals surface area contributed by atoms with Gasteiger partial charge in [0.1, 0.15) is 18.5 Å². The second-order valence-corrected chi connectivity index (χ2v) is 7.05. The van der Waals surface area contributed by atoms with Gasteiger partial charge in [-0.15, -0.1) is 0 Å². The number of rotatable bonds is 8. The molecule has 0 N–H and O–H groups in total. The van der Waals surface area contributed by atoms with Crippen molar-refractivity contribution in [1.29, 1.82) is 0 Å². The van der Waals surface area contributed by atoms with E-state index in [2.05, 4.69) is 31.2 Å². The summed E-state index contributed by atoms with van der Waals surface area (Å²) >= 11 is 0. The molecule has 1 aliphatic carbocycles. The molecule has 0 radical (unpaired) electrons. The van der Waals surface area contributed by atoms with Crippen LogP contribution in [0, 0.1) is 5.92 Å². The molecule has 2 fully saturated rings. The molecule has 0 aromatic heterocycles. The summed E-state index contributed by atoms with van der Waals surface area (Å²) in [5.41, 5.74) is 1.50. The normalized spacial score (nSPS) is 27.6. The van der Waals surface area contributed by atoms with Crippen molar-refractivity contribution in [3.8, 4) is 5.75 Å². The van der Waals surface area contributed by atoms with E-state index < -0.39 is 0 Å². The highest BCUT2D eigenvalue weighted by atomic mass is 16.6. The Bertz CT molecular complexity index is 428. The molecule has 0 unspecified atom stereocenters. The smallest absolute Gasteiger partial charge is 0.119 e. The largest absolute Gasteiger partial charge is 0.491 e. The number of hydrogen-bond acceptors (Lipinski definition) is 2. The van der Waals surface area contributed by atoms with Crippen LogP contribution < -0.4 is 4.74 Å². The van der Waals surface area contributed by atoms with Gasteiger partial charge in [0, 0.05) is 0 Å². The summed E-state index contributed by atoms with van der Waals surface area (Å²) < 4.78 is 10.9. The lowest BCUT2D eigenvalue weighted by atomic mass is 9.77. The molecule has 1 saturated heterocycles. The van der Waals surface area contributed by atoms with E-state index in [1.54, 1.807) is 0 Å². The fourth-order valence-corrected chi connectivity index (χ4v) is 3.66. The van der Waals surface area contributed by atoms with Crippen LogP contribution in [0.5, 0.6) is 5.75 Å². The van der Waals surface area contributed by atoms with Gasteiger partial charge < -0.3 is 9.47 Å². The van der Waals surface area contributed by atoms with Gasteiger partial charge in [0.05, 0.1) is 6.61 Å². The van der Waals surface area contributed by atoms with E-state index in [9.17, 15) is 0 Å². The number of unbranched alkanes of at least 4 members (excludes halogenated alkanes) is 2. The van der Waals surface area contributed by atoms with Gasteiger partial charge in [-0.3, -0.25) is 0 Å². The summed E-state index contributed by atoms with van der Waals surface area (Å²) in [6.07, 6.45) is 11.6. The molecule has 2 nitrogen and oxygen atoms in total. The Hall–Kier alpha value is -1.02. The second kappa shape index (κ2) is 8.01. The average Bonchev–Trinajstić information content (AvgIpc) is 3.39. The molecule has 0 spiro atoms. The quantitative estimate of drug-likeness (QED) is 0.479. The maximum absolute atomic E-state index is 5.72. The fourth-order valence-electron chi connectivity index (χ4n) is 3.66. The minimum Gasteiger partial charge on any atom is -0.491 e. The van der Waals surface area contributed by atoms with E-state index in [0.29, 0.717) is 12.7 Å². The highest BCUT2D eigenvalue weighted by Crippen LogP contribution is 2.38. The van der Waals surface area contributed by atoms with Crippen molar-refractivity contribution in [3.05, 3.63) is 29.8 Å². The summed E-state index contributed by atoms with van der Waals surface area (Å²) in [7, 11) is 0. The van der Waals surface area contributed by atoms with E-state index in [0.717, 1.165) is 24.2 Å². The molecule has 0 amide bonds. The topological polar surface area (TPSA) is 21.8 Å². The van der Waals surface area contributed by atoms with E-state index >= 15 is 0 Å². The molecule has 2 heteroatoms. The minimum absolute atomic E-state index is 0.336. The molecule has 1 aromatic rings. The lowest BCUT2D eigenvalue weighted by molar-refractivity contribution is 0.263. The number of epoxide rings is 1. The van der Waals surface area contributed by atoms with Gasteiger partial charge in [-0.2, -0.15) is 0 Å². The molecule has 0 bridgehead atoms. The van der Waals surface area contributed by atoms with Gasteiger partial charge >= 0.3 is 0 Å². The zero-order valence-corrected chi connectivity index (χ0v) is 13.9. The first-order valence-corrected chi connectivity index (χ1v) is 9.19. The summed E-state index contributed by atoms with van der Waals surface area (Å²) in [5.74, 6) is 2.74. The highest BCUT2D eigenvalue weighted by Gasteiger charge is 2.24. The van der Waals surface area contributed by atoms with E-state index in [4.69, 9.17) is 9.47 Å².